The second-order valence-electron chi connectivity index (χ2n) is 5.38. The maximum absolute atomic E-state index is 10.4. The average molecular weight is 252 g/mol. The number of carbonyl (C=O) groups is 1. The predicted molar refractivity (Wildman–Crippen MR) is 77.6 cm³/mol. The summed E-state index contributed by atoms with van der Waals surface area (Å²) in [6.07, 6.45) is 8.58. The van der Waals surface area contributed by atoms with Crippen molar-refractivity contribution in [1.29, 1.82) is 0 Å². The molecule has 0 aliphatic heterocycles. The molecule has 1 N–H and O–H groups in total. The molecule has 2 nitrogen and oxygen atoms in total. The van der Waals surface area contributed by atoms with Crippen molar-refractivity contribution in [3.8, 4) is 0 Å². The zero-order chi connectivity index (χ0) is 14.0. The van der Waals surface area contributed by atoms with Gasteiger partial charge < -0.3 is 5.11 Å². The summed E-state index contributed by atoms with van der Waals surface area (Å²) in [4.78, 5) is 10.4. The first-order valence-corrected chi connectivity index (χ1v) is 6.95. The van der Waals surface area contributed by atoms with Crippen LogP contribution in [-0.2, 0) is 4.79 Å². The summed E-state index contributed by atoms with van der Waals surface area (Å²) < 4.78 is 0. The van der Waals surface area contributed by atoms with E-state index in [4.69, 9.17) is 5.11 Å². The van der Waals surface area contributed by atoms with Crippen LogP contribution in [-0.4, -0.2) is 11.1 Å². The SMILES string of the molecule is C=CCC[C@H](CC[C@@H](C)CCCC(=O)O)C(=C)C. The van der Waals surface area contributed by atoms with Crippen LogP contribution in [0.15, 0.2) is 24.8 Å². The van der Waals surface area contributed by atoms with Crippen LogP contribution in [0.4, 0.5) is 0 Å². The second-order valence-corrected chi connectivity index (χ2v) is 5.38. The molecule has 0 aromatic rings. The fraction of sp³-hybridized carbons (Fsp3) is 0.688. The number of allylic oxidation sites excluding steroid dienone is 2. The van der Waals surface area contributed by atoms with Crippen LogP contribution in [0.25, 0.3) is 0 Å². The van der Waals surface area contributed by atoms with Crippen molar-refractivity contribution in [2.75, 3.05) is 0 Å². The van der Waals surface area contributed by atoms with Crippen molar-refractivity contribution in [3.63, 3.8) is 0 Å². The third kappa shape index (κ3) is 9.03. The highest BCUT2D eigenvalue weighted by Crippen LogP contribution is 2.25. The van der Waals surface area contributed by atoms with Gasteiger partial charge in [-0.25, -0.2) is 0 Å². The highest BCUT2D eigenvalue weighted by molar-refractivity contribution is 5.66. The Morgan fingerprint density at radius 3 is 2.44 bits per heavy atom. The number of aliphatic carboxylic acids is 1. The Balaban J connectivity index is 3.84. The molecular formula is C16H28O2. The van der Waals surface area contributed by atoms with Gasteiger partial charge in [0.25, 0.3) is 0 Å². The van der Waals surface area contributed by atoms with Crippen LogP contribution < -0.4 is 0 Å². The lowest BCUT2D eigenvalue weighted by molar-refractivity contribution is -0.137. The fourth-order valence-corrected chi connectivity index (χ4v) is 2.19. The van der Waals surface area contributed by atoms with Crippen LogP contribution in [0.3, 0.4) is 0 Å². The van der Waals surface area contributed by atoms with Gasteiger partial charge in [-0.15, -0.1) is 6.58 Å². The monoisotopic (exact) mass is 252 g/mol. The molecular weight excluding hydrogens is 224 g/mol. The molecule has 2 heteroatoms. The molecule has 0 rings (SSSR count). The molecule has 18 heavy (non-hydrogen) atoms. The van der Waals surface area contributed by atoms with Crippen LogP contribution in [0.2, 0.25) is 0 Å². The van der Waals surface area contributed by atoms with Gasteiger partial charge in [-0.2, -0.15) is 0 Å². The Morgan fingerprint density at radius 1 is 1.28 bits per heavy atom. The number of hydrogen-bond donors (Lipinski definition) is 1. The van der Waals surface area contributed by atoms with Crippen LogP contribution >= 0.6 is 0 Å². The van der Waals surface area contributed by atoms with Crippen molar-refractivity contribution < 1.29 is 9.90 Å². The minimum absolute atomic E-state index is 0.296. The van der Waals surface area contributed by atoms with Crippen molar-refractivity contribution in [3.05, 3.63) is 24.8 Å². The van der Waals surface area contributed by atoms with E-state index in [-0.39, 0.29) is 0 Å². The van der Waals surface area contributed by atoms with Gasteiger partial charge in [0.15, 0.2) is 0 Å². The highest BCUT2D eigenvalue weighted by Gasteiger charge is 2.11. The quantitative estimate of drug-likeness (QED) is 0.535. The summed E-state index contributed by atoms with van der Waals surface area (Å²) in [6.45, 7) is 12.1. The fourth-order valence-electron chi connectivity index (χ4n) is 2.19. The van der Waals surface area contributed by atoms with Crippen LogP contribution in [0, 0.1) is 11.8 Å². The van der Waals surface area contributed by atoms with E-state index in [0.29, 0.717) is 18.3 Å². The largest absolute Gasteiger partial charge is 0.481 e. The molecule has 0 unspecified atom stereocenters. The smallest absolute Gasteiger partial charge is 0.303 e. The third-order valence-electron chi connectivity index (χ3n) is 3.51. The summed E-state index contributed by atoms with van der Waals surface area (Å²) in [6, 6.07) is 0. The Morgan fingerprint density at radius 2 is 1.94 bits per heavy atom. The number of hydrogen-bond acceptors (Lipinski definition) is 1. The van der Waals surface area contributed by atoms with Gasteiger partial charge in [0, 0.05) is 6.42 Å². The summed E-state index contributed by atoms with van der Waals surface area (Å²) >= 11 is 0. The van der Waals surface area contributed by atoms with E-state index in [1.165, 1.54) is 5.57 Å². The summed E-state index contributed by atoms with van der Waals surface area (Å²) in [5, 5.41) is 8.59. The first-order chi connectivity index (χ1) is 8.47. The van der Waals surface area contributed by atoms with E-state index >= 15 is 0 Å². The minimum atomic E-state index is -0.687. The molecule has 2 atom stereocenters. The Labute approximate surface area is 112 Å². The third-order valence-corrected chi connectivity index (χ3v) is 3.51. The maximum atomic E-state index is 10.4. The number of carboxylic acid groups (broad SMARTS) is 1. The highest BCUT2D eigenvalue weighted by atomic mass is 16.4. The minimum Gasteiger partial charge on any atom is -0.481 e. The van der Waals surface area contributed by atoms with Crippen LogP contribution in [0.5, 0.6) is 0 Å². The molecule has 0 aliphatic carbocycles. The first-order valence-electron chi connectivity index (χ1n) is 6.95. The predicted octanol–water partition coefficient (Wildman–Crippen LogP) is 4.82. The van der Waals surface area contributed by atoms with Gasteiger partial charge in [0.2, 0.25) is 0 Å². The second kappa shape index (κ2) is 9.93. The van der Waals surface area contributed by atoms with Gasteiger partial charge in [-0.3, -0.25) is 4.79 Å². The van der Waals surface area contributed by atoms with E-state index in [1.54, 1.807) is 0 Å². The Hall–Kier alpha value is -1.05. The van der Waals surface area contributed by atoms with Crippen molar-refractivity contribution in [1.82, 2.24) is 0 Å². The van der Waals surface area contributed by atoms with Crippen molar-refractivity contribution in [2.45, 2.75) is 58.8 Å². The topological polar surface area (TPSA) is 37.3 Å². The van der Waals surface area contributed by atoms with Gasteiger partial charge in [-0.1, -0.05) is 38.0 Å². The van der Waals surface area contributed by atoms with E-state index in [0.717, 1.165) is 38.5 Å². The molecule has 0 aromatic heterocycles. The summed E-state index contributed by atoms with van der Waals surface area (Å²) in [7, 11) is 0. The summed E-state index contributed by atoms with van der Waals surface area (Å²) in [5.74, 6) is 0.507. The molecule has 0 aromatic carbocycles. The molecule has 0 aliphatic rings. The summed E-state index contributed by atoms with van der Waals surface area (Å²) in [5.41, 5.74) is 1.26. The number of carboxylic acids is 1. The Bertz CT molecular complexity index is 268. The lowest BCUT2D eigenvalue weighted by Crippen LogP contribution is -2.05. The maximum Gasteiger partial charge on any atom is 0.303 e. The van der Waals surface area contributed by atoms with E-state index < -0.39 is 5.97 Å². The van der Waals surface area contributed by atoms with E-state index in [9.17, 15) is 4.79 Å². The molecule has 104 valence electrons. The molecule has 0 heterocycles. The lowest BCUT2D eigenvalue weighted by atomic mass is 9.87. The standard InChI is InChI=1S/C16H28O2/c1-5-6-9-15(13(2)3)12-11-14(4)8-7-10-16(17)18/h5,14-15H,1-2,6-12H2,3-4H3,(H,17,18)/t14-,15+/m0/s1. The molecule has 0 saturated heterocycles. The molecule has 0 bridgehead atoms. The Kier molecular flexibility index (Phi) is 9.35. The van der Waals surface area contributed by atoms with Gasteiger partial charge in [0.1, 0.15) is 0 Å². The molecule has 0 spiro atoms. The normalized spacial score (nSPS) is 13.9. The van der Waals surface area contributed by atoms with Gasteiger partial charge in [-0.05, 0) is 44.4 Å². The van der Waals surface area contributed by atoms with Gasteiger partial charge >= 0.3 is 5.97 Å². The first kappa shape index (κ1) is 16.9. The van der Waals surface area contributed by atoms with Crippen LogP contribution in [0.1, 0.15) is 58.8 Å². The van der Waals surface area contributed by atoms with Gasteiger partial charge in [0.05, 0.1) is 0 Å². The molecule has 0 radical (unpaired) electrons. The lowest BCUT2D eigenvalue weighted by Gasteiger charge is -2.19. The van der Waals surface area contributed by atoms with E-state index in [1.807, 2.05) is 6.08 Å². The zero-order valence-corrected chi connectivity index (χ0v) is 12.0. The zero-order valence-electron chi connectivity index (χ0n) is 12.0. The average Bonchev–Trinajstić information content (AvgIpc) is 2.28. The molecule has 0 fully saturated rings. The molecule has 0 saturated carbocycles. The van der Waals surface area contributed by atoms with Crippen molar-refractivity contribution in [2.24, 2.45) is 11.8 Å². The number of rotatable bonds is 11. The van der Waals surface area contributed by atoms with E-state index in [2.05, 4.69) is 27.0 Å². The molecule has 0 amide bonds. The van der Waals surface area contributed by atoms with Crippen molar-refractivity contribution >= 4 is 5.97 Å².